The Morgan fingerprint density at radius 1 is 0.897 bits per heavy atom. The monoisotopic (exact) mass is 381 g/mol. The molecule has 142 valence electrons. The summed E-state index contributed by atoms with van der Waals surface area (Å²) >= 11 is 0. The molecule has 1 aliphatic rings. The van der Waals surface area contributed by atoms with Gasteiger partial charge in [0.2, 0.25) is 0 Å². The van der Waals surface area contributed by atoms with Crippen molar-refractivity contribution in [2.45, 2.75) is 13.0 Å². The first-order valence-corrected chi connectivity index (χ1v) is 9.42. The second-order valence-corrected chi connectivity index (χ2v) is 6.97. The largest absolute Gasteiger partial charge is 0.334 e. The molecular weight excluding hydrogens is 362 g/mol. The quantitative estimate of drug-likeness (QED) is 0.745. The molecule has 0 unspecified atom stereocenters. The number of carbonyl (C=O) groups is 2. The molecular formula is C24H19N3O2. The van der Waals surface area contributed by atoms with E-state index in [1.807, 2.05) is 23.1 Å². The Morgan fingerprint density at radius 2 is 1.62 bits per heavy atom. The Kier molecular flexibility index (Phi) is 5.08. The summed E-state index contributed by atoms with van der Waals surface area (Å²) < 4.78 is 0. The summed E-state index contributed by atoms with van der Waals surface area (Å²) in [5, 5.41) is 11.7. The number of benzene rings is 3. The number of hydrogen-bond acceptors (Lipinski definition) is 3. The second-order valence-electron chi connectivity index (χ2n) is 6.97. The Morgan fingerprint density at radius 3 is 2.38 bits per heavy atom. The Balaban J connectivity index is 1.44. The van der Waals surface area contributed by atoms with E-state index in [0.29, 0.717) is 35.5 Å². The van der Waals surface area contributed by atoms with Gasteiger partial charge < -0.3 is 10.2 Å². The number of amides is 2. The maximum atomic E-state index is 12.8. The van der Waals surface area contributed by atoms with E-state index in [1.165, 1.54) is 11.1 Å². The van der Waals surface area contributed by atoms with E-state index in [2.05, 4.69) is 17.4 Å². The van der Waals surface area contributed by atoms with E-state index >= 15 is 0 Å². The Labute approximate surface area is 169 Å². The van der Waals surface area contributed by atoms with Crippen molar-refractivity contribution in [3.63, 3.8) is 0 Å². The van der Waals surface area contributed by atoms with Gasteiger partial charge >= 0.3 is 0 Å². The van der Waals surface area contributed by atoms with Crippen molar-refractivity contribution < 1.29 is 9.59 Å². The molecule has 3 aromatic carbocycles. The molecule has 0 saturated heterocycles. The molecule has 4 rings (SSSR count). The van der Waals surface area contributed by atoms with Crippen LogP contribution in [-0.2, 0) is 13.0 Å². The normalized spacial score (nSPS) is 12.6. The number of anilines is 1. The average Bonchev–Trinajstić information content (AvgIpc) is 2.78. The number of nitrogens with zero attached hydrogens (tertiary/aromatic N) is 2. The van der Waals surface area contributed by atoms with E-state index in [4.69, 9.17) is 5.26 Å². The lowest BCUT2D eigenvalue weighted by atomic mass is 9.99. The van der Waals surface area contributed by atoms with Crippen molar-refractivity contribution in [2.24, 2.45) is 0 Å². The van der Waals surface area contributed by atoms with Crippen molar-refractivity contribution in [2.75, 3.05) is 11.9 Å². The standard InChI is InChI=1S/C24H19N3O2/c25-15-17-4-3-7-22(14-17)26-23(28)19-8-10-20(11-9-19)24(29)27-13-12-18-5-1-2-6-21(18)16-27/h1-11,14H,12-13,16H2,(H,26,28). The summed E-state index contributed by atoms with van der Waals surface area (Å²) in [6.07, 6.45) is 0.851. The molecule has 1 aliphatic heterocycles. The van der Waals surface area contributed by atoms with E-state index in [-0.39, 0.29) is 11.8 Å². The van der Waals surface area contributed by atoms with E-state index in [9.17, 15) is 9.59 Å². The van der Waals surface area contributed by atoms with Crippen LogP contribution in [0.3, 0.4) is 0 Å². The van der Waals surface area contributed by atoms with Crippen molar-refractivity contribution in [3.05, 3.63) is 101 Å². The molecule has 29 heavy (non-hydrogen) atoms. The van der Waals surface area contributed by atoms with Crippen LogP contribution in [0.25, 0.3) is 0 Å². The van der Waals surface area contributed by atoms with Crippen LogP contribution in [0.15, 0.2) is 72.8 Å². The van der Waals surface area contributed by atoms with E-state index in [1.54, 1.807) is 48.5 Å². The zero-order valence-electron chi connectivity index (χ0n) is 15.8. The van der Waals surface area contributed by atoms with Crippen LogP contribution in [0.4, 0.5) is 5.69 Å². The average molecular weight is 381 g/mol. The minimum Gasteiger partial charge on any atom is -0.334 e. The van der Waals surface area contributed by atoms with Crippen LogP contribution in [0, 0.1) is 11.3 Å². The molecule has 0 spiro atoms. The molecule has 0 aromatic heterocycles. The van der Waals surface area contributed by atoms with Crippen molar-refractivity contribution in [1.82, 2.24) is 4.90 Å². The van der Waals surface area contributed by atoms with Gasteiger partial charge in [-0.3, -0.25) is 9.59 Å². The van der Waals surface area contributed by atoms with Crippen LogP contribution >= 0.6 is 0 Å². The number of fused-ring (bicyclic) bond motifs is 1. The first-order valence-electron chi connectivity index (χ1n) is 9.42. The Bertz CT molecular complexity index is 1110. The van der Waals surface area contributed by atoms with Crippen LogP contribution in [-0.4, -0.2) is 23.3 Å². The third kappa shape index (κ3) is 4.02. The molecule has 0 fully saturated rings. The summed E-state index contributed by atoms with van der Waals surface area (Å²) in [7, 11) is 0. The molecule has 1 N–H and O–H groups in total. The fraction of sp³-hybridized carbons (Fsp3) is 0.125. The summed E-state index contributed by atoms with van der Waals surface area (Å²) in [6.45, 7) is 1.29. The van der Waals surface area contributed by atoms with Crippen LogP contribution in [0.5, 0.6) is 0 Å². The fourth-order valence-electron chi connectivity index (χ4n) is 3.49. The predicted octanol–water partition coefficient (Wildman–Crippen LogP) is 4.01. The molecule has 3 aromatic rings. The van der Waals surface area contributed by atoms with Gasteiger partial charge in [0, 0.05) is 29.9 Å². The molecule has 5 heteroatoms. The lowest BCUT2D eigenvalue weighted by Gasteiger charge is -2.29. The maximum absolute atomic E-state index is 12.8. The third-order valence-electron chi connectivity index (χ3n) is 5.06. The molecule has 5 nitrogen and oxygen atoms in total. The highest BCUT2D eigenvalue weighted by molar-refractivity contribution is 6.05. The number of nitrogens with one attached hydrogen (secondary N) is 1. The van der Waals surface area contributed by atoms with Gasteiger partial charge in [0.1, 0.15) is 0 Å². The fourth-order valence-corrected chi connectivity index (χ4v) is 3.49. The Hall–Kier alpha value is -3.91. The van der Waals surface area contributed by atoms with Gasteiger partial charge in [0.15, 0.2) is 0 Å². The SMILES string of the molecule is N#Cc1cccc(NC(=O)c2ccc(C(=O)N3CCc4ccccc4C3)cc2)c1. The van der Waals surface area contributed by atoms with Gasteiger partial charge in [-0.2, -0.15) is 5.26 Å². The van der Waals surface area contributed by atoms with Crippen LogP contribution in [0.2, 0.25) is 0 Å². The molecule has 0 radical (unpaired) electrons. The van der Waals surface area contributed by atoms with Crippen molar-refractivity contribution in [3.8, 4) is 6.07 Å². The van der Waals surface area contributed by atoms with Gasteiger partial charge in [-0.05, 0) is 60.0 Å². The molecule has 1 heterocycles. The van der Waals surface area contributed by atoms with Gasteiger partial charge in [-0.15, -0.1) is 0 Å². The lowest BCUT2D eigenvalue weighted by Crippen LogP contribution is -2.35. The third-order valence-corrected chi connectivity index (χ3v) is 5.06. The topological polar surface area (TPSA) is 73.2 Å². The molecule has 0 bridgehead atoms. The second kappa shape index (κ2) is 7.99. The number of nitriles is 1. The summed E-state index contributed by atoms with van der Waals surface area (Å²) in [6, 6.07) is 23.6. The first-order chi connectivity index (χ1) is 14.1. The summed E-state index contributed by atoms with van der Waals surface area (Å²) in [5.41, 5.74) is 4.53. The lowest BCUT2D eigenvalue weighted by molar-refractivity contribution is 0.0734. The van der Waals surface area contributed by atoms with Gasteiger partial charge in [0.05, 0.1) is 11.6 Å². The molecule has 2 amide bonds. The van der Waals surface area contributed by atoms with Crippen LogP contribution in [0.1, 0.15) is 37.4 Å². The summed E-state index contributed by atoms with van der Waals surface area (Å²) in [5.74, 6) is -0.320. The minimum absolute atomic E-state index is 0.0341. The number of carbonyl (C=O) groups excluding carboxylic acids is 2. The highest BCUT2D eigenvalue weighted by Crippen LogP contribution is 2.20. The van der Waals surface area contributed by atoms with Gasteiger partial charge in [-0.1, -0.05) is 30.3 Å². The zero-order valence-corrected chi connectivity index (χ0v) is 15.8. The van der Waals surface area contributed by atoms with E-state index in [0.717, 1.165) is 6.42 Å². The van der Waals surface area contributed by atoms with Gasteiger partial charge in [0.25, 0.3) is 11.8 Å². The van der Waals surface area contributed by atoms with E-state index < -0.39 is 0 Å². The first kappa shape index (κ1) is 18.5. The number of hydrogen-bond donors (Lipinski definition) is 1. The smallest absolute Gasteiger partial charge is 0.255 e. The minimum atomic E-state index is -0.286. The summed E-state index contributed by atoms with van der Waals surface area (Å²) in [4.78, 5) is 27.1. The highest BCUT2D eigenvalue weighted by Gasteiger charge is 2.21. The zero-order chi connectivity index (χ0) is 20.2. The van der Waals surface area contributed by atoms with Gasteiger partial charge in [-0.25, -0.2) is 0 Å². The number of rotatable bonds is 3. The van der Waals surface area contributed by atoms with Crippen molar-refractivity contribution in [1.29, 1.82) is 5.26 Å². The molecule has 0 atom stereocenters. The molecule has 0 saturated carbocycles. The molecule has 0 aliphatic carbocycles. The highest BCUT2D eigenvalue weighted by atomic mass is 16.2. The van der Waals surface area contributed by atoms with Crippen LogP contribution < -0.4 is 5.32 Å². The predicted molar refractivity (Wildman–Crippen MR) is 110 cm³/mol. The van der Waals surface area contributed by atoms with Crippen molar-refractivity contribution >= 4 is 17.5 Å². The maximum Gasteiger partial charge on any atom is 0.255 e.